The predicted octanol–water partition coefficient (Wildman–Crippen LogP) is -3.98. The third-order valence-corrected chi connectivity index (χ3v) is 3.55. The van der Waals surface area contributed by atoms with Crippen molar-refractivity contribution in [2.75, 3.05) is 13.2 Å². The Morgan fingerprint density at radius 3 is 2.45 bits per heavy atom. The van der Waals surface area contributed by atoms with E-state index in [9.17, 15) is 15.3 Å². The maximum Gasteiger partial charge on any atom is 0.176 e. The number of ether oxygens (including phenoxy) is 3. The number of rotatable bonds is 4. The van der Waals surface area contributed by atoms with Gasteiger partial charge in [-0.3, -0.25) is 0 Å². The number of hydrogen-bond donors (Lipinski definition) is 6. The normalized spacial score (nSPS) is 49.5. The minimum absolute atomic E-state index is 0.0237. The Hall–Kier alpha value is -0.360. The summed E-state index contributed by atoms with van der Waals surface area (Å²) in [7, 11) is 0. The minimum Gasteiger partial charge on any atom is -0.394 e. The third kappa shape index (κ3) is 2.96. The van der Waals surface area contributed by atoms with Crippen molar-refractivity contribution in [1.29, 1.82) is 0 Å². The van der Waals surface area contributed by atoms with Gasteiger partial charge in [-0.05, 0) is 0 Å². The number of aliphatic hydroxyl groups is 4. The Balaban J connectivity index is 2.03. The van der Waals surface area contributed by atoms with Crippen LogP contribution in [-0.2, 0) is 14.2 Å². The molecule has 2 rings (SSSR count). The van der Waals surface area contributed by atoms with Gasteiger partial charge in [0.1, 0.15) is 43.2 Å². The average Bonchev–Trinajstić information content (AvgIpc) is 2.80. The van der Waals surface area contributed by atoms with Crippen LogP contribution in [0.1, 0.15) is 0 Å². The van der Waals surface area contributed by atoms with Crippen molar-refractivity contribution in [3.63, 3.8) is 0 Å². The largest absolute Gasteiger partial charge is 0.394 e. The van der Waals surface area contributed by atoms with Crippen LogP contribution in [0, 0.1) is 6.61 Å². The topological polar surface area (TPSA) is 161 Å². The van der Waals surface area contributed by atoms with Crippen molar-refractivity contribution >= 4 is 0 Å². The molecule has 2 saturated heterocycles. The smallest absolute Gasteiger partial charge is 0.176 e. The van der Waals surface area contributed by atoms with Crippen molar-refractivity contribution in [1.82, 2.24) is 0 Å². The maximum absolute atomic E-state index is 9.84. The van der Waals surface area contributed by atoms with E-state index in [4.69, 9.17) is 30.8 Å². The molecule has 8 atom stereocenters. The zero-order valence-corrected chi connectivity index (χ0v) is 10.8. The average molecular weight is 293 g/mol. The monoisotopic (exact) mass is 293 g/mol. The standard InChI is InChI=1S/C11H21N2O7/c12-1-5-8(16)9(17)7(13)11(19-5)20-10-4(15)3-18-6(10)2-14/h3-11,14-17H,1-2,12-13H2/t4-,5-,6+,7+,8+,9+,10-,11-/m0/s1. The molecule has 1 radical (unpaired) electrons. The van der Waals surface area contributed by atoms with E-state index in [0.717, 1.165) is 6.61 Å². The fraction of sp³-hybridized carbons (Fsp3) is 0.909. The quantitative estimate of drug-likeness (QED) is 0.303. The molecule has 0 saturated carbocycles. The van der Waals surface area contributed by atoms with E-state index < -0.39 is 49.0 Å². The molecule has 0 aromatic rings. The highest BCUT2D eigenvalue weighted by Gasteiger charge is 2.46. The molecule has 0 aromatic heterocycles. The molecule has 2 aliphatic rings. The van der Waals surface area contributed by atoms with Gasteiger partial charge in [0, 0.05) is 6.54 Å². The first-order valence-corrected chi connectivity index (χ1v) is 6.40. The first kappa shape index (κ1) is 16.0. The Morgan fingerprint density at radius 1 is 1.15 bits per heavy atom. The summed E-state index contributed by atoms with van der Waals surface area (Å²) in [5.41, 5.74) is 11.2. The fourth-order valence-electron chi connectivity index (χ4n) is 2.30. The molecule has 0 spiro atoms. The molecule has 9 nitrogen and oxygen atoms in total. The Bertz CT molecular complexity index is 319. The van der Waals surface area contributed by atoms with E-state index in [1.165, 1.54) is 0 Å². The lowest BCUT2D eigenvalue weighted by Crippen LogP contribution is -2.64. The van der Waals surface area contributed by atoms with Gasteiger partial charge in [0.05, 0.1) is 12.6 Å². The molecule has 2 aliphatic heterocycles. The van der Waals surface area contributed by atoms with Crippen LogP contribution in [0.15, 0.2) is 0 Å². The lowest BCUT2D eigenvalue weighted by molar-refractivity contribution is -0.279. The van der Waals surface area contributed by atoms with Gasteiger partial charge in [0.15, 0.2) is 6.29 Å². The first-order chi connectivity index (χ1) is 9.49. The number of hydrogen-bond acceptors (Lipinski definition) is 9. The van der Waals surface area contributed by atoms with Crippen LogP contribution in [0.25, 0.3) is 0 Å². The summed E-state index contributed by atoms with van der Waals surface area (Å²) in [6, 6.07) is -1.01. The summed E-state index contributed by atoms with van der Waals surface area (Å²) in [6.45, 7) is 0.765. The molecule has 9 heteroatoms. The summed E-state index contributed by atoms with van der Waals surface area (Å²) in [4.78, 5) is 0. The van der Waals surface area contributed by atoms with Crippen LogP contribution in [0.5, 0.6) is 0 Å². The number of aliphatic hydroxyl groups excluding tert-OH is 4. The highest BCUT2D eigenvalue weighted by atomic mass is 16.7. The minimum atomic E-state index is -1.27. The summed E-state index contributed by atoms with van der Waals surface area (Å²) in [6.07, 6.45) is -7.06. The summed E-state index contributed by atoms with van der Waals surface area (Å²) in [5, 5.41) is 38.4. The highest BCUT2D eigenvalue weighted by molar-refractivity contribution is 4.95. The molecule has 2 heterocycles. The SMILES string of the molecule is NC[C@@H]1O[C@@H](O[C@H]2[C@@H](O)[CH]O[C@@H]2CO)[C@H](N)[C@@H](O)[C@@H]1O. The van der Waals surface area contributed by atoms with Gasteiger partial charge in [-0.2, -0.15) is 0 Å². The van der Waals surface area contributed by atoms with Crippen molar-refractivity contribution in [2.24, 2.45) is 11.5 Å². The molecular weight excluding hydrogens is 272 g/mol. The summed E-state index contributed by atoms with van der Waals surface area (Å²) < 4.78 is 15.9. The third-order valence-electron chi connectivity index (χ3n) is 3.55. The van der Waals surface area contributed by atoms with E-state index >= 15 is 0 Å². The van der Waals surface area contributed by atoms with Crippen molar-refractivity contribution < 1.29 is 34.6 Å². The molecule has 20 heavy (non-hydrogen) atoms. The molecule has 0 aromatic carbocycles. The number of nitrogens with two attached hydrogens (primary N) is 2. The van der Waals surface area contributed by atoms with E-state index in [1.807, 2.05) is 0 Å². The van der Waals surface area contributed by atoms with Gasteiger partial charge in [-0.15, -0.1) is 0 Å². The second kappa shape index (κ2) is 6.60. The molecule has 0 amide bonds. The fourth-order valence-corrected chi connectivity index (χ4v) is 2.30. The maximum atomic E-state index is 9.84. The summed E-state index contributed by atoms with van der Waals surface area (Å²) in [5.74, 6) is 0. The first-order valence-electron chi connectivity index (χ1n) is 6.40. The van der Waals surface area contributed by atoms with E-state index in [1.54, 1.807) is 0 Å². The zero-order chi connectivity index (χ0) is 14.9. The van der Waals surface area contributed by atoms with Gasteiger partial charge < -0.3 is 46.1 Å². The van der Waals surface area contributed by atoms with Crippen LogP contribution in [0.2, 0.25) is 0 Å². The van der Waals surface area contributed by atoms with Crippen LogP contribution in [-0.4, -0.2) is 82.5 Å². The predicted molar refractivity (Wildman–Crippen MR) is 64.8 cm³/mol. The van der Waals surface area contributed by atoms with Gasteiger partial charge in [0.25, 0.3) is 0 Å². The van der Waals surface area contributed by atoms with Gasteiger partial charge in [0.2, 0.25) is 0 Å². The van der Waals surface area contributed by atoms with Crippen LogP contribution in [0.4, 0.5) is 0 Å². The van der Waals surface area contributed by atoms with E-state index in [2.05, 4.69) is 0 Å². The van der Waals surface area contributed by atoms with Crippen molar-refractivity contribution in [3.8, 4) is 0 Å². The highest BCUT2D eigenvalue weighted by Crippen LogP contribution is 2.27. The Morgan fingerprint density at radius 2 is 1.85 bits per heavy atom. The van der Waals surface area contributed by atoms with Crippen LogP contribution in [0.3, 0.4) is 0 Å². The van der Waals surface area contributed by atoms with Crippen molar-refractivity contribution in [3.05, 3.63) is 6.61 Å². The molecule has 8 N–H and O–H groups in total. The molecule has 2 fully saturated rings. The van der Waals surface area contributed by atoms with Gasteiger partial charge in [-0.1, -0.05) is 0 Å². The molecule has 117 valence electrons. The Labute approximate surface area is 116 Å². The van der Waals surface area contributed by atoms with E-state index in [0.29, 0.717) is 0 Å². The Kier molecular flexibility index (Phi) is 5.29. The molecular formula is C11H21N2O7. The molecule has 0 unspecified atom stereocenters. The lowest BCUT2D eigenvalue weighted by atomic mass is 9.97. The molecule has 0 bridgehead atoms. The lowest BCUT2D eigenvalue weighted by Gasteiger charge is -2.42. The second-order valence-corrected chi connectivity index (χ2v) is 4.92. The van der Waals surface area contributed by atoms with Gasteiger partial charge >= 0.3 is 0 Å². The summed E-state index contributed by atoms with van der Waals surface area (Å²) >= 11 is 0. The zero-order valence-electron chi connectivity index (χ0n) is 10.8. The van der Waals surface area contributed by atoms with Crippen molar-refractivity contribution in [2.45, 2.75) is 49.0 Å². The molecule has 0 aliphatic carbocycles. The van der Waals surface area contributed by atoms with Gasteiger partial charge in [-0.25, -0.2) is 0 Å². The second-order valence-electron chi connectivity index (χ2n) is 4.92. The van der Waals surface area contributed by atoms with Crippen LogP contribution < -0.4 is 11.5 Å². The van der Waals surface area contributed by atoms with Crippen LogP contribution >= 0.6 is 0 Å². The van der Waals surface area contributed by atoms with E-state index in [-0.39, 0.29) is 13.2 Å².